The summed E-state index contributed by atoms with van der Waals surface area (Å²) in [4.78, 5) is 39.3. The Bertz CT molecular complexity index is 1200. The molecule has 0 aliphatic carbocycles. The quantitative estimate of drug-likeness (QED) is 0.512. The molecule has 1 fully saturated rings. The van der Waals surface area contributed by atoms with Gasteiger partial charge in [-0.05, 0) is 75.6 Å². The van der Waals surface area contributed by atoms with Gasteiger partial charge in [-0.25, -0.2) is 4.79 Å². The van der Waals surface area contributed by atoms with Crippen LogP contribution in [-0.2, 0) is 11.3 Å². The molecule has 4 rings (SSSR count). The summed E-state index contributed by atoms with van der Waals surface area (Å²) >= 11 is 0. The summed E-state index contributed by atoms with van der Waals surface area (Å²) in [6.45, 7) is 7.04. The Morgan fingerprint density at radius 1 is 1.03 bits per heavy atom. The second kappa shape index (κ2) is 10.7. The number of carbonyl (C=O) groups excluding carboxylic acids is 3. The maximum atomic E-state index is 13.0. The van der Waals surface area contributed by atoms with E-state index in [0.717, 1.165) is 18.4 Å². The predicted octanol–water partition coefficient (Wildman–Crippen LogP) is 4.84. The number of aromatic nitrogens is 1. The smallest absolute Gasteiger partial charge is 0.410 e. The molecule has 1 aliphatic heterocycles. The fourth-order valence-electron chi connectivity index (χ4n) is 4.19. The van der Waals surface area contributed by atoms with Crippen LogP contribution in [0.15, 0.2) is 65.4 Å². The molecule has 0 atom stereocenters. The van der Waals surface area contributed by atoms with Crippen molar-refractivity contribution >= 4 is 23.6 Å². The monoisotopic (exact) mass is 492 g/mol. The van der Waals surface area contributed by atoms with E-state index in [1.54, 1.807) is 29.2 Å². The van der Waals surface area contributed by atoms with E-state index < -0.39 is 5.60 Å². The van der Waals surface area contributed by atoms with Crippen molar-refractivity contribution in [1.82, 2.24) is 14.8 Å². The summed E-state index contributed by atoms with van der Waals surface area (Å²) in [7, 11) is 0. The minimum Gasteiger partial charge on any atom is -0.459 e. The van der Waals surface area contributed by atoms with E-state index in [1.807, 2.05) is 55.8 Å². The lowest BCUT2D eigenvalue weighted by Crippen LogP contribution is -2.42. The highest BCUT2D eigenvalue weighted by atomic mass is 16.6. The fraction of sp³-hybridized carbons (Fsp3) is 0.370. The molecule has 1 aliphatic rings. The van der Waals surface area contributed by atoms with Gasteiger partial charge in [0.25, 0.3) is 11.8 Å². The molecule has 0 spiro atoms. The van der Waals surface area contributed by atoms with Crippen molar-refractivity contribution in [2.75, 3.05) is 18.4 Å². The van der Waals surface area contributed by atoms with Gasteiger partial charge in [-0.2, -0.15) is 0 Å². The number of furan rings is 1. The van der Waals surface area contributed by atoms with Gasteiger partial charge >= 0.3 is 6.09 Å². The number of hydrogen-bond acceptors (Lipinski definition) is 5. The van der Waals surface area contributed by atoms with Gasteiger partial charge in [0.2, 0.25) is 0 Å². The Morgan fingerprint density at radius 2 is 1.81 bits per heavy atom. The normalized spacial score (nSPS) is 14.4. The highest BCUT2D eigenvalue weighted by Crippen LogP contribution is 2.26. The number of amides is 3. The summed E-state index contributed by atoms with van der Waals surface area (Å²) in [6.07, 6.45) is 4.54. The van der Waals surface area contributed by atoms with Crippen LogP contribution in [0, 0.1) is 0 Å². The van der Waals surface area contributed by atoms with Gasteiger partial charge in [0.1, 0.15) is 11.3 Å². The van der Waals surface area contributed by atoms with E-state index >= 15 is 0 Å². The Kier molecular flexibility index (Phi) is 7.47. The van der Waals surface area contributed by atoms with Gasteiger partial charge in [0, 0.05) is 37.6 Å². The van der Waals surface area contributed by atoms with Crippen molar-refractivity contribution in [3.05, 3.63) is 78.0 Å². The molecule has 0 unspecified atom stereocenters. The molecule has 2 aromatic heterocycles. The summed E-state index contributed by atoms with van der Waals surface area (Å²) in [6, 6.07) is 14.3. The molecule has 2 N–H and O–H groups in total. The van der Waals surface area contributed by atoms with Crippen LogP contribution in [0.4, 0.5) is 10.5 Å². The highest BCUT2D eigenvalue weighted by molar-refractivity contribution is 6.02. The maximum Gasteiger partial charge on any atom is 0.410 e. The van der Waals surface area contributed by atoms with Crippen molar-refractivity contribution in [3.63, 3.8) is 0 Å². The minimum atomic E-state index is -0.524. The third-order valence-corrected chi connectivity index (χ3v) is 5.90. The summed E-state index contributed by atoms with van der Waals surface area (Å²) in [5.74, 6) is -0.289. The van der Waals surface area contributed by atoms with Crippen LogP contribution in [-0.4, -0.2) is 46.1 Å². The molecular formula is C27H32N4O5. The van der Waals surface area contributed by atoms with Crippen molar-refractivity contribution in [2.45, 2.75) is 51.8 Å². The SMILES string of the molecule is CC(C)(C)OC(=O)N1CCC(n2cccc2C(=O)NCc2cccc(NC(=O)c3ccco3)c2)CC1. The lowest BCUT2D eigenvalue weighted by molar-refractivity contribution is 0.0187. The zero-order valence-corrected chi connectivity index (χ0v) is 20.8. The highest BCUT2D eigenvalue weighted by Gasteiger charge is 2.28. The number of carbonyl (C=O) groups is 3. The number of anilines is 1. The van der Waals surface area contributed by atoms with E-state index in [0.29, 0.717) is 31.0 Å². The summed E-state index contributed by atoms with van der Waals surface area (Å²) in [5, 5.41) is 5.76. The molecular weight excluding hydrogens is 460 g/mol. The molecule has 0 radical (unpaired) electrons. The van der Waals surface area contributed by atoms with Crippen LogP contribution in [0.25, 0.3) is 0 Å². The lowest BCUT2D eigenvalue weighted by Gasteiger charge is -2.34. The summed E-state index contributed by atoms with van der Waals surface area (Å²) in [5.41, 5.74) is 1.52. The first-order valence-electron chi connectivity index (χ1n) is 12.1. The largest absolute Gasteiger partial charge is 0.459 e. The molecule has 9 heteroatoms. The van der Waals surface area contributed by atoms with Gasteiger partial charge in [0.15, 0.2) is 5.76 Å². The average molecular weight is 493 g/mol. The van der Waals surface area contributed by atoms with E-state index in [1.165, 1.54) is 6.26 Å². The van der Waals surface area contributed by atoms with Gasteiger partial charge in [-0.3, -0.25) is 9.59 Å². The molecule has 9 nitrogen and oxygen atoms in total. The number of likely N-dealkylation sites (tertiary alicyclic amines) is 1. The maximum absolute atomic E-state index is 13.0. The van der Waals surface area contributed by atoms with Crippen molar-refractivity contribution in [1.29, 1.82) is 0 Å². The summed E-state index contributed by atoms with van der Waals surface area (Å²) < 4.78 is 12.6. The van der Waals surface area contributed by atoms with E-state index in [4.69, 9.17) is 9.15 Å². The number of nitrogens with zero attached hydrogens (tertiary/aromatic N) is 2. The van der Waals surface area contributed by atoms with Gasteiger partial charge < -0.3 is 29.3 Å². The molecule has 0 saturated carbocycles. The van der Waals surface area contributed by atoms with Crippen LogP contribution < -0.4 is 10.6 Å². The predicted molar refractivity (Wildman–Crippen MR) is 135 cm³/mol. The Morgan fingerprint density at radius 3 is 2.50 bits per heavy atom. The Hall–Kier alpha value is -4.01. The Balaban J connectivity index is 1.32. The van der Waals surface area contributed by atoms with Crippen molar-refractivity contribution in [2.24, 2.45) is 0 Å². The average Bonchev–Trinajstić information content (AvgIpc) is 3.54. The topological polar surface area (TPSA) is 106 Å². The minimum absolute atomic E-state index is 0.125. The molecule has 0 bridgehead atoms. The van der Waals surface area contributed by atoms with Crippen LogP contribution >= 0.6 is 0 Å². The van der Waals surface area contributed by atoms with E-state index in [-0.39, 0.29) is 29.7 Å². The fourth-order valence-corrected chi connectivity index (χ4v) is 4.19. The lowest BCUT2D eigenvalue weighted by atomic mass is 10.0. The molecule has 190 valence electrons. The number of rotatable bonds is 6. The van der Waals surface area contributed by atoms with Crippen LogP contribution in [0.1, 0.15) is 66.3 Å². The second-order valence-corrected chi connectivity index (χ2v) is 9.81. The van der Waals surface area contributed by atoms with Crippen LogP contribution in [0.3, 0.4) is 0 Å². The molecule has 1 saturated heterocycles. The first-order chi connectivity index (χ1) is 17.2. The van der Waals surface area contributed by atoms with Crippen LogP contribution in [0.2, 0.25) is 0 Å². The number of nitrogens with one attached hydrogen (secondary N) is 2. The first-order valence-corrected chi connectivity index (χ1v) is 12.1. The van der Waals surface area contributed by atoms with E-state index in [9.17, 15) is 14.4 Å². The molecule has 3 heterocycles. The number of ether oxygens (including phenoxy) is 1. The third-order valence-electron chi connectivity index (χ3n) is 5.90. The van der Waals surface area contributed by atoms with Crippen molar-refractivity contribution < 1.29 is 23.5 Å². The first kappa shape index (κ1) is 25.1. The molecule has 36 heavy (non-hydrogen) atoms. The van der Waals surface area contributed by atoms with E-state index in [2.05, 4.69) is 10.6 Å². The van der Waals surface area contributed by atoms with Crippen LogP contribution in [0.5, 0.6) is 0 Å². The number of piperidine rings is 1. The zero-order chi connectivity index (χ0) is 25.7. The van der Waals surface area contributed by atoms with Crippen molar-refractivity contribution in [3.8, 4) is 0 Å². The third kappa shape index (κ3) is 6.35. The van der Waals surface area contributed by atoms with Gasteiger partial charge in [-0.1, -0.05) is 12.1 Å². The molecule has 1 aromatic carbocycles. The Labute approximate surface area is 210 Å². The zero-order valence-electron chi connectivity index (χ0n) is 20.8. The van der Waals surface area contributed by atoms with Gasteiger partial charge in [0.05, 0.1) is 6.26 Å². The second-order valence-electron chi connectivity index (χ2n) is 9.81. The number of hydrogen-bond donors (Lipinski definition) is 2. The number of benzene rings is 1. The van der Waals surface area contributed by atoms with Gasteiger partial charge in [-0.15, -0.1) is 0 Å². The standard InChI is InChI=1S/C27H32N4O5/c1-27(2,3)36-26(34)30-14-11-21(12-15-30)31-13-5-9-22(31)24(32)28-18-19-7-4-8-20(17-19)29-25(33)23-10-6-16-35-23/h4-10,13,16-17,21H,11-12,14-15,18H2,1-3H3,(H,28,32)(H,29,33). The molecule has 3 amide bonds. The molecule has 3 aromatic rings.